The van der Waals surface area contributed by atoms with Gasteiger partial charge in [0.15, 0.2) is 17.5 Å². The van der Waals surface area contributed by atoms with Crippen LogP contribution in [-0.4, -0.2) is 41.9 Å². The van der Waals surface area contributed by atoms with Crippen LogP contribution in [0.2, 0.25) is 0 Å². The minimum absolute atomic E-state index is 0. The summed E-state index contributed by atoms with van der Waals surface area (Å²) in [6.07, 6.45) is 2.35. The monoisotopic (exact) mass is 517 g/mol. The third-order valence-electron chi connectivity index (χ3n) is 6.85. The lowest BCUT2D eigenvalue weighted by atomic mass is 9.91. The van der Waals surface area contributed by atoms with Gasteiger partial charge in [0.2, 0.25) is 5.91 Å². The first-order valence-corrected chi connectivity index (χ1v) is 11.9. The van der Waals surface area contributed by atoms with Crippen molar-refractivity contribution in [1.29, 1.82) is 0 Å². The topological polar surface area (TPSA) is 61.4 Å². The maximum atomic E-state index is 13.8. The first-order valence-electron chi connectivity index (χ1n) is 11.9. The first-order chi connectivity index (χ1) is 16.9. The number of amides is 2. The number of fused-ring (bicyclic) bond motifs is 1. The molecule has 1 aliphatic heterocycles. The summed E-state index contributed by atoms with van der Waals surface area (Å²) >= 11 is 0. The molecule has 0 bridgehead atoms. The molecule has 36 heavy (non-hydrogen) atoms. The third-order valence-corrected chi connectivity index (χ3v) is 6.85. The van der Waals surface area contributed by atoms with Crippen LogP contribution in [0.15, 0.2) is 54.6 Å². The van der Waals surface area contributed by atoms with E-state index in [1.54, 1.807) is 0 Å². The number of halogens is 4. The number of benzene rings is 3. The predicted molar refractivity (Wildman–Crippen MR) is 133 cm³/mol. The van der Waals surface area contributed by atoms with Crippen LogP contribution in [0.3, 0.4) is 0 Å². The molecule has 5 nitrogen and oxygen atoms in total. The molecule has 2 fully saturated rings. The quantitative estimate of drug-likeness (QED) is 0.471. The van der Waals surface area contributed by atoms with Crippen molar-refractivity contribution in [3.63, 3.8) is 0 Å². The SMILES string of the molecule is Cl.O=C(NC1CCNCC1C(=O)N(Cc1cccc2ccccc12)C1CC1)c1cc(F)c(F)c(F)c1. The van der Waals surface area contributed by atoms with Gasteiger partial charge in [-0.25, -0.2) is 13.2 Å². The lowest BCUT2D eigenvalue weighted by molar-refractivity contribution is -0.138. The Balaban J connectivity index is 0.00000304. The highest BCUT2D eigenvalue weighted by atomic mass is 35.5. The number of rotatable bonds is 6. The van der Waals surface area contributed by atoms with Crippen molar-refractivity contribution in [3.8, 4) is 0 Å². The molecule has 3 aromatic carbocycles. The Morgan fingerprint density at radius 1 is 0.972 bits per heavy atom. The second-order valence-electron chi connectivity index (χ2n) is 9.27. The van der Waals surface area contributed by atoms with Crippen LogP contribution < -0.4 is 10.6 Å². The molecule has 1 saturated heterocycles. The van der Waals surface area contributed by atoms with E-state index in [-0.39, 0.29) is 29.9 Å². The molecular formula is C27H27ClF3N3O2. The molecule has 3 aromatic rings. The second kappa shape index (κ2) is 10.9. The molecule has 0 spiro atoms. The Morgan fingerprint density at radius 2 is 1.67 bits per heavy atom. The van der Waals surface area contributed by atoms with E-state index in [0.29, 0.717) is 38.2 Å². The smallest absolute Gasteiger partial charge is 0.251 e. The van der Waals surface area contributed by atoms with Gasteiger partial charge in [0.05, 0.1) is 5.92 Å². The summed E-state index contributed by atoms with van der Waals surface area (Å²) in [6, 6.07) is 15.1. The zero-order valence-corrected chi connectivity index (χ0v) is 20.3. The molecule has 9 heteroatoms. The number of carbonyl (C=O) groups excluding carboxylic acids is 2. The fourth-order valence-electron chi connectivity index (χ4n) is 4.83. The molecule has 1 saturated carbocycles. The standard InChI is InChI=1S/C27H26F3N3O2.ClH/c28-22-12-18(13-23(29)25(22)30)26(34)32-24-10-11-31-14-21(24)27(35)33(19-8-9-19)15-17-6-3-5-16-4-1-2-7-20(16)17;/h1-7,12-13,19,21,24,31H,8-11,14-15H2,(H,32,34);1H. The Hall–Kier alpha value is -3.10. The molecule has 5 rings (SSSR count). The highest BCUT2D eigenvalue weighted by molar-refractivity contribution is 5.95. The van der Waals surface area contributed by atoms with E-state index in [9.17, 15) is 22.8 Å². The van der Waals surface area contributed by atoms with E-state index in [1.807, 2.05) is 47.4 Å². The number of nitrogens with one attached hydrogen (secondary N) is 2. The minimum atomic E-state index is -1.62. The highest BCUT2D eigenvalue weighted by Gasteiger charge is 2.40. The lowest BCUT2D eigenvalue weighted by Gasteiger charge is -2.36. The van der Waals surface area contributed by atoms with E-state index < -0.39 is 35.3 Å². The van der Waals surface area contributed by atoms with Gasteiger partial charge in [-0.2, -0.15) is 0 Å². The Labute approximate surface area is 213 Å². The maximum absolute atomic E-state index is 13.8. The molecule has 2 aliphatic rings. The zero-order valence-electron chi connectivity index (χ0n) is 19.5. The fraction of sp³-hybridized carbons (Fsp3) is 0.333. The van der Waals surface area contributed by atoms with E-state index in [1.165, 1.54) is 0 Å². The first kappa shape index (κ1) is 26.0. The molecule has 1 heterocycles. The third kappa shape index (κ3) is 5.34. The summed E-state index contributed by atoms with van der Waals surface area (Å²) in [5.41, 5.74) is 0.742. The number of nitrogens with zero attached hydrogens (tertiary/aromatic N) is 1. The van der Waals surface area contributed by atoms with Crippen LogP contribution in [0.5, 0.6) is 0 Å². The summed E-state index contributed by atoms with van der Waals surface area (Å²) in [5, 5.41) is 8.19. The van der Waals surface area contributed by atoms with Gasteiger partial charge in [0.25, 0.3) is 5.91 Å². The average Bonchev–Trinajstić information content (AvgIpc) is 3.71. The summed E-state index contributed by atoms with van der Waals surface area (Å²) in [5.74, 6) is -5.80. The molecule has 2 unspecified atom stereocenters. The van der Waals surface area contributed by atoms with Crippen LogP contribution >= 0.6 is 12.4 Å². The van der Waals surface area contributed by atoms with Gasteiger partial charge < -0.3 is 15.5 Å². The largest absolute Gasteiger partial charge is 0.348 e. The summed E-state index contributed by atoms with van der Waals surface area (Å²) < 4.78 is 40.6. The van der Waals surface area contributed by atoms with Crippen molar-refractivity contribution in [3.05, 3.63) is 83.2 Å². The van der Waals surface area contributed by atoms with Crippen molar-refractivity contribution in [2.45, 2.75) is 37.9 Å². The molecule has 0 aromatic heterocycles. The van der Waals surface area contributed by atoms with E-state index >= 15 is 0 Å². The van der Waals surface area contributed by atoms with Gasteiger partial charge in [-0.1, -0.05) is 42.5 Å². The summed E-state index contributed by atoms with van der Waals surface area (Å²) in [6.45, 7) is 1.44. The molecule has 2 amide bonds. The van der Waals surface area contributed by atoms with Gasteiger partial charge in [0, 0.05) is 30.7 Å². The van der Waals surface area contributed by atoms with Crippen molar-refractivity contribution in [2.24, 2.45) is 5.92 Å². The Morgan fingerprint density at radius 3 is 2.39 bits per heavy atom. The predicted octanol–water partition coefficient (Wildman–Crippen LogP) is 4.58. The average molecular weight is 518 g/mol. The highest BCUT2D eigenvalue weighted by Crippen LogP contribution is 2.32. The van der Waals surface area contributed by atoms with Gasteiger partial charge in [-0.15, -0.1) is 12.4 Å². The molecule has 0 radical (unpaired) electrons. The number of hydrogen-bond donors (Lipinski definition) is 2. The number of hydrogen-bond acceptors (Lipinski definition) is 3. The van der Waals surface area contributed by atoms with Crippen molar-refractivity contribution in [1.82, 2.24) is 15.5 Å². The molecule has 2 atom stereocenters. The Kier molecular flexibility index (Phi) is 7.85. The van der Waals surface area contributed by atoms with Crippen LogP contribution in [0.25, 0.3) is 10.8 Å². The molecule has 1 aliphatic carbocycles. The number of piperidine rings is 1. The fourth-order valence-corrected chi connectivity index (χ4v) is 4.83. The zero-order chi connectivity index (χ0) is 24.5. The minimum Gasteiger partial charge on any atom is -0.348 e. The van der Waals surface area contributed by atoms with Gasteiger partial charge in [0.1, 0.15) is 0 Å². The van der Waals surface area contributed by atoms with Crippen molar-refractivity contribution in [2.75, 3.05) is 13.1 Å². The maximum Gasteiger partial charge on any atom is 0.251 e. The lowest BCUT2D eigenvalue weighted by Crippen LogP contribution is -2.55. The van der Waals surface area contributed by atoms with Crippen LogP contribution in [0.1, 0.15) is 35.2 Å². The normalized spacial score (nSPS) is 19.4. The van der Waals surface area contributed by atoms with Crippen LogP contribution in [0, 0.1) is 23.4 Å². The van der Waals surface area contributed by atoms with Gasteiger partial charge in [-0.3, -0.25) is 9.59 Å². The van der Waals surface area contributed by atoms with Crippen molar-refractivity contribution < 1.29 is 22.8 Å². The van der Waals surface area contributed by atoms with Crippen molar-refractivity contribution >= 4 is 35.0 Å². The van der Waals surface area contributed by atoms with E-state index in [0.717, 1.165) is 29.2 Å². The number of carbonyl (C=O) groups is 2. The van der Waals surface area contributed by atoms with Gasteiger partial charge >= 0.3 is 0 Å². The van der Waals surface area contributed by atoms with E-state index in [4.69, 9.17) is 0 Å². The summed E-state index contributed by atoms with van der Waals surface area (Å²) in [7, 11) is 0. The molecule has 190 valence electrons. The Bertz CT molecular complexity index is 1260. The molecule has 2 N–H and O–H groups in total. The van der Waals surface area contributed by atoms with Crippen LogP contribution in [0.4, 0.5) is 13.2 Å². The molecular weight excluding hydrogens is 491 g/mol. The van der Waals surface area contributed by atoms with Crippen LogP contribution in [-0.2, 0) is 11.3 Å². The van der Waals surface area contributed by atoms with Gasteiger partial charge in [-0.05, 0) is 54.3 Å². The van der Waals surface area contributed by atoms with E-state index in [2.05, 4.69) is 10.6 Å². The second-order valence-corrected chi connectivity index (χ2v) is 9.27. The summed E-state index contributed by atoms with van der Waals surface area (Å²) in [4.78, 5) is 28.4.